The Morgan fingerprint density at radius 3 is 2.81 bits per heavy atom. The van der Waals surface area contributed by atoms with Crippen LogP contribution in [0.15, 0.2) is 27.5 Å². The Balaban J connectivity index is 2.22. The molecule has 0 unspecified atom stereocenters. The summed E-state index contributed by atoms with van der Waals surface area (Å²) in [5.74, 6) is -0.435. The fourth-order valence-corrected chi connectivity index (χ4v) is 2.79. The summed E-state index contributed by atoms with van der Waals surface area (Å²) >= 11 is 0. The van der Waals surface area contributed by atoms with Crippen LogP contribution in [0.4, 0.5) is 10.1 Å². The van der Waals surface area contributed by atoms with Crippen molar-refractivity contribution >= 4 is 22.0 Å². The monoisotopic (exact) mass is 240 g/mol. The predicted molar refractivity (Wildman–Crippen MR) is 57.6 cm³/mol. The molecule has 0 spiro atoms. The molecule has 0 radical (unpaired) electrons. The molecule has 2 aliphatic rings. The Bertz CT molecular complexity index is 578. The summed E-state index contributed by atoms with van der Waals surface area (Å²) in [6.07, 6.45) is 3.26. The molecule has 1 heterocycles. The van der Waals surface area contributed by atoms with Crippen LogP contribution in [0, 0.1) is 5.82 Å². The predicted octanol–water partition coefficient (Wildman–Crippen LogP) is 1.53. The van der Waals surface area contributed by atoms with Gasteiger partial charge in [-0.05, 0) is 31.0 Å². The zero-order valence-electron chi connectivity index (χ0n) is 8.30. The van der Waals surface area contributed by atoms with Crippen LogP contribution in [-0.2, 0) is 10.0 Å². The van der Waals surface area contributed by atoms with E-state index >= 15 is 0 Å². The maximum atomic E-state index is 13.1. The number of hydrogen-bond acceptors (Lipinski definition) is 3. The van der Waals surface area contributed by atoms with Gasteiger partial charge < -0.3 is 4.90 Å². The number of nitrogens with zero attached hydrogens (tertiary/aromatic N) is 2. The van der Waals surface area contributed by atoms with E-state index < -0.39 is 15.8 Å². The number of fused-ring (bicyclic) bond motifs is 1. The first-order valence-electron chi connectivity index (χ1n) is 4.96. The van der Waals surface area contributed by atoms with E-state index in [1.54, 1.807) is 4.90 Å². The minimum atomic E-state index is -3.64. The third-order valence-electron chi connectivity index (χ3n) is 2.73. The van der Waals surface area contributed by atoms with Crippen molar-refractivity contribution in [3.8, 4) is 0 Å². The van der Waals surface area contributed by atoms with Gasteiger partial charge in [0.25, 0.3) is 10.0 Å². The molecular formula is C10H9FN2O2S. The fourth-order valence-electron chi connectivity index (χ4n) is 1.79. The second kappa shape index (κ2) is 3.04. The van der Waals surface area contributed by atoms with E-state index in [0.29, 0.717) is 5.69 Å². The van der Waals surface area contributed by atoms with Gasteiger partial charge in [-0.3, -0.25) is 0 Å². The molecule has 0 amide bonds. The van der Waals surface area contributed by atoms with E-state index in [0.717, 1.165) is 18.9 Å². The van der Waals surface area contributed by atoms with Gasteiger partial charge in [0.2, 0.25) is 0 Å². The molecule has 0 saturated heterocycles. The van der Waals surface area contributed by atoms with E-state index in [-0.39, 0.29) is 10.9 Å². The zero-order chi connectivity index (χ0) is 11.3. The Hall–Kier alpha value is -1.43. The van der Waals surface area contributed by atoms with Gasteiger partial charge in [-0.1, -0.05) is 0 Å². The minimum absolute atomic E-state index is 0.0864. The number of sulfonamides is 1. The van der Waals surface area contributed by atoms with Gasteiger partial charge in [0, 0.05) is 6.04 Å². The van der Waals surface area contributed by atoms with Crippen molar-refractivity contribution < 1.29 is 12.8 Å². The van der Waals surface area contributed by atoms with Crippen LogP contribution in [0.1, 0.15) is 12.8 Å². The molecule has 16 heavy (non-hydrogen) atoms. The normalized spacial score (nSPS) is 21.9. The molecule has 0 atom stereocenters. The van der Waals surface area contributed by atoms with Crippen molar-refractivity contribution in [3.05, 3.63) is 24.0 Å². The molecule has 1 aliphatic carbocycles. The summed E-state index contributed by atoms with van der Waals surface area (Å²) in [5.41, 5.74) is 0.400. The smallest absolute Gasteiger partial charge is 0.285 e. The number of anilines is 1. The first-order chi connectivity index (χ1) is 7.58. The van der Waals surface area contributed by atoms with Crippen LogP contribution in [0.25, 0.3) is 0 Å². The largest absolute Gasteiger partial charge is 0.327 e. The molecule has 4 nitrogen and oxygen atoms in total. The highest BCUT2D eigenvalue weighted by molar-refractivity contribution is 7.90. The Morgan fingerprint density at radius 1 is 1.38 bits per heavy atom. The van der Waals surface area contributed by atoms with Crippen LogP contribution in [0.2, 0.25) is 0 Å². The van der Waals surface area contributed by atoms with Crippen LogP contribution < -0.4 is 4.90 Å². The van der Waals surface area contributed by atoms with Gasteiger partial charge in [0.05, 0.1) is 5.69 Å². The molecule has 1 fully saturated rings. The minimum Gasteiger partial charge on any atom is -0.327 e. The van der Waals surface area contributed by atoms with Crippen LogP contribution in [-0.4, -0.2) is 20.8 Å². The van der Waals surface area contributed by atoms with Gasteiger partial charge in [-0.15, -0.1) is 4.40 Å². The number of rotatable bonds is 1. The van der Waals surface area contributed by atoms with E-state index in [1.165, 1.54) is 18.5 Å². The third kappa shape index (κ3) is 1.41. The lowest BCUT2D eigenvalue weighted by Crippen LogP contribution is -2.29. The van der Waals surface area contributed by atoms with Crippen molar-refractivity contribution in [2.75, 3.05) is 4.90 Å². The first-order valence-corrected chi connectivity index (χ1v) is 6.40. The lowest BCUT2D eigenvalue weighted by Gasteiger charge is -2.24. The Labute approximate surface area is 92.5 Å². The lowest BCUT2D eigenvalue weighted by molar-refractivity contribution is 0.595. The van der Waals surface area contributed by atoms with Crippen LogP contribution in [0.5, 0.6) is 0 Å². The Morgan fingerprint density at radius 2 is 2.12 bits per heavy atom. The summed E-state index contributed by atoms with van der Waals surface area (Å²) in [7, 11) is -3.64. The summed E-state index contributed by atoms with van der Waals surface area (Å²) in [5, 5.41) is 0. The molecule has 0 aromatic heterocycles. The van der Waals surface area contributed by atoms with Gasteiger partial charge in [-0.2, -0.15) is 8.42 Å². The summed E-state index contributed by atoms with van der Waals surface area (Å²) in [6.45, 7) is 0. The average molecular weight is 240 g/mol. The summed E-state index contributed by atoms with van der Waals surface area (Å²) < 4.78 is 39.9. The average Bonchev–Trinajstić information content (AvgIpc) is 3.01. The van der Waals surface area contributed by atoms with E-state index in [2.05, 4.69) is 4.40 Å². The molecule has 3 rings (SSSR count). The topological polar surface area (TPSA) is 49.7 Å². The molecule has 0 bridgehead atoms. The van der Waals surface area contributed by atoms with E-state index in [1.807, 2.05) is 0 Å². The Kier molecular flexibility index (Phi) is 1.85. The van der Waals surface area contributed by atoms with Gasteiger partial charge in [-0.25, -0.2) is 4.39 Å². The second-order valence-electron chi connectivity index (χ2n) is 3.95. The van der Waals surface area contributed by atoms with E-state index in [4.69, 9.17) is 0 Å². The second-order valence-corrected chi connectivity index (χ2v) is 5.55. The molecule has 6 heteroatoms. The molecule has 1 saturated carbocycles. The van der Waals surface area contributed by atoms with Gasteiger partial charge in [0.15, 0.2) is 0 Å². The van der Waals surface area contributed by atoms with Crippen LogP contribution >= 0.6 is 0 Å². The van der Waals surface area contributed by atoms with Crippen molar-refractivity contribution in [2.45, 2.75) is 23.8 Å². The van der Waals surface area contributed by atoms with E-state index in [9.17, 15) is 12.8 Å². The summed E-state index contributed by atoms with van der Waals surface area (Å²) in [6, 6.07) is 3.92. The standard InChI is InChI=1S/C10H9FN2O2S/c11-7-1-4-10-9(5-7)13(8-2-3-8)6-12-16(10,14)15/h1,4-6,8H,2-3H2. The number of halogens is 1. The lowest BCUT2D eigenvalue weighted by atomic mass is 10.3. The quantitative estimate of drug-likeness (QED) is 0.748. The highest BCUT2D eigenvalue weighted by Crippen LogP contribution is 2.37. The number of benzene rings is 1. The SMILES string of the molecule is O=S1(=O)N=CN(C2CC2)c2cc(F)ccc21. The molecule has 1 aromatic carbocycles. The van der Waals surface area contributed by atoms with Gasteiger partial charge >= 0.3 is 0 Å². The van der Waals surface area contributed by atoms with Crippen molar-refractivity contribution in [2.24, 2.45) is 4.40 Å². The highest BCUT2D eigenvalue weighted by Gasteiger charge is 2.35. The molecule has 0 N–H and O–H groups in total. The molecule has 84 valence electrons. The molecule has 1 aromatic rings. The first kappa shape index (κ1) is 9.77. The zero-order valence-corrected chi connectivity index (χ0v) is 9.11. The van der Waals surface area contributed by atoms with Gasteiger partial charge in [0.1, 0.15) is 17.1 Å². The highest BCUT2D eigenvalue weighted by atomic mass is 32.2. The maximum Gasteiger partial charge on any atom is 0.285 e. The van der Waals surface area contributed by atoms with Crippen molar-refractivity contribution in [3.63, 3.8) is 0 Å². The van der Waals surface area contributed by atoms with Crippen molar-refractivity contribution in [1.82, 2.24) is 0 Å². The van der Waals surface area contributed by atoms with Crippen LogP contribution in [0.3, 0.4) is 0 Å². The van der Waals surface area contributed by atoms with Crippen molar-refractivity contribution in [1.29, 1.82) is 0 Å². The fraction of sp³-hybridized carbons (Fsp3) is 0.300. The molecular weight excluding hydrogens is 231 g/mol. The maximum absolute atomic E-state index is 13.1. The summed E-state index contributed by atoms with van der Waals surface area (Å²) in [4.78, 5) is 1.82. The number of hydrogen-bond donors (Lipinski definition) is 0. The molecule has 1 aliphatic heterocycles. The third-order valence-corrected chi connectivity index (χ3v) is 4.00.